The lowest BCUT2D eigenvalue weighted by Gasteiger charge is -2.08. The predicted molar refractivity (Wildman–Crippen MR) is 70.0 cm³/mol. The maximum atomic E-state index is 13.5. The van der Waals surface area contributed by atoms with Crippen molar-refractivity contribution in [2.75, 3.05) is 12.0 Å². The molecule has 0 atom stereocenters. The van der Waals surface area contributed by atoms with Crippen molar-refractivity contribution in [2.45, 2.75) is 6.92 Å². The molecule has 21 heavy (non-hydrogen) atoms. The number of anilines is 1. The lowest BCUT2D eigenvalue weighted by Crippen LogP contribution is -2.13. The van der Waals surface area contributed by atoms with Crippen molar-refractivity contribution in [3.8, 4) is 23.8 Å². The lowest BCUT2D eigenvalue weighted by molar-refractivity contribution is 0.303. The number of aromatic nitrogens is 3. The molecule has 0 bridgehead atoms. The number of halogens is 1. The number of ether oxygens (including phenoxy) is 2. The van der Waals surface area contributed by atoms with Gasteiger partial charge in [0.1, 0.15) is 17.4 Å². The second-order valence-corrected chi connectivity index (χ2v) is 3.63. The van der Waals surface area contributed by atoms with Crippen molar-refractivity contribution < 1.29 is 13.9 Å². The molecule has 1 aromatic heterocycles. The zero-order valence-electron chi connectivity index (χ0n) is 11.0. The first-order valence-corrected chi connectivity index (χ1v) is 5.90. The maximum absolute atomic E-state index is 13.5. The van der Waals surface area contributed by atoms with Crippen molar-refractivity contribution in [1.29, 1.82) is 5.26 Å². The summed E-state index contributed by atoms with van der Waals surface area (Å²) < 4.78 is 23.9. The standard InChI is InChI=1S/C12H11FN6O2/c1-2-20-11-16-10(19-15)17-12(18-11)21-9-5-3-4-8(13)7(9)6-14/h3-5H,2,15H2,1H3,(H,16,17,18,19). The summed E-state index contributed by atoms with van der Waals surface area (Å²) in [6.07, 6.45) is 0. The Kier molecular flexibility index (Phi) is 4.43. The van der Waals surface area contributed by atoms with Crippen LogP contribution in [0.25, 0.3) is 0 Å². The van der Waals surface area contributed by atoms with Gasteiger partial charge in [0.25, 0.3) is 0 Å². The van der Waals surface area contributed by atoms with Crippen LogP contribution in [0.3, 0.4) is 0 Å². The fourth-order valence-corrected chi connectivity index (χ4v) is 1.44. The third-order valence-electron chi connectivity index (χ3n) is 2.29. The molecule has 1 aromatic carbocycles. The van der Waals surface area contributed by atoms with Gasteiger partial charge in [-0.3, -0.25) is 5.43 Å². The Bertz CT molecular complexity index is 688. The average molecular weight is 290 g/mol. The molecule has 0 unspecified atom stereocenters. The Morgan fingerprint density at radius 2 is 2.10 bits per heavy atom. The van der Waals surface area contributed by atoms with Crippen LogP contribution in [0.4, 0.5) is 10.3 Å². The van der Waals surface area contributed by atoms with Crippen LogP contribution in [0.15, 0.2) is 18.2 Å². The minimum absolute atomic E-state index is 0.00893. The molecule has 0 aliphatic rings. The van der Waals surface area contributed by atoms with E-state index < -0.39 is 5.82 Å². The molecule has 8 nitrogen and oxygen atoms in total. The zero-order valence-corrected chi connectivity index (χ0v) is 11.0. The van der Waals surface area contributed by atoms with Crippen LogP contribution in [0.1, 0.15) is 12.5 Å². The normalized spacial score (nSPS) is 9.81. The average Bonchev–Trinajstić information content (AvgIpc) is 2.47. The molecule has 1 heterocycles. The van der Waals surface area contributed by atoms with Gasteiger partial charge in [0.2, 0.25) is 5.95 Å². The van der Waals surface area contributed by atoms with E-state index in [1.165, 1.54) is 12.1 Å². The first-order chi connectivity index (χ1) is 10.2. The molecule has 108 valence electrons. The molecule has 3 N–H and O–H groups in total. The number of nitriles is 1. The highest BCUT2D eigenvalue weighted by molar-refractivity contribution is 5.45. The summed E-state index contributed by atoms with van der Waals surface area (Å²) >= 11 is 0. The summed E-state index contributed by atoms with van der Waals surface area (Å²) in [7, 11) is 0. The molecule has 0 aliphatic carbocycles. The molecule has 0 amide bonds. The summed E-state index contributed by atoms with van der Waals surface area (Å²) in [5, 5.41) is 8.94. The Labute approximate surface area is 119 Å². The van der Waals surface area contributed by atoms with Gasteiger partial charge in [-0.25, -0.2) is 10.2 Å². The predicted octanol–water partition coefficient (Wildman–Crippen LogP) is 1.36. The molecule has 0 saturated carbocycles. The van der Waals surface area contributed by atoms with Crippen LogP contribution in [0, 0.1) is 17.1 Å². The highest BCUT2D eigenvalue weighted by atomic mass is 19.1. The summed E-state index contributed by atoms with van der Waals surface area (Å²) in [6.45, 7) is 2.08. The SMILES string of the molecule is CCOc1nc(NN)nc(Oc2cccc(F)c2C#N)n1. The number of hydrogen-bond donors (Lipinski definition) is 2. The van der Waals surface area contributed by atoms with E-state index in [0.717, 1.165) is 6.07 Å². The number of nitrogen functional groups attached to an aromatic ring is 1. The van der Waals surface area contributed by atoms with Crippen LogP contribution in [-0.2, 0) is 0 Å². The number of hydrazine groups is 1. The van der Waals surface area contributed by atoms with Crippen molar-refractivity contribution in [3.63, 3.8) is 0 Å². The number of benzene rings is 1. The van der Waals surface area contributed by atoms with E-state index in [9.17, 15) is 4.39 Å². The zero-order chi connectivity index (χ0) is 15.2. The molecule has 0 fully saturated rings. The summed E-state index contributed by atoms with van der Waals surface area (Å²) in [6, 6.07) is 5.49. The van der Waals surface area contributed by atoms with Crippen LogP contribution in [0.5, 0.6) is 17.8 Å². The van der Waals surface area contributed by atoms with Gasteiger partial charge in [-0.15, -0.1) is 4.98 Å². The van der Waals surface area contributed by atoms with E-state index in [2.05, 4.69) is 20.4 Å². The first-order valence-electron chi connectivity index (χ1n) is 5.90. The third-order valence-corrected chi connectivity index (χ3v) is 2.29. The highest BCUT2D eigenvalue weighted by Gasteiger charge is 2.13. The van der Waals surface area contributed by atoms with E-state index in [1.807, 2.05) is 0 Å². The first kappa shape index (κ1) is 14.4. The van der Waals surface area contributed by atoms with Crippen molar-refractivity contribution in [3.05, 3.63) is 29.6 Å². The number of nitrogens with one attached hydrogen (secondary N) is 1. The molecule has 0 spiro atoms. The fraction of sp³-hybridized carbons (Fsp3) is 0.167. The molecular formula is C12H11FN6O2. The van der Waals surface area contributed by atoms with Gasteiger partial charge in [0.05, 0.1) is 6.61 Å². The van der Waals surface area contributed by atoms with Crippen molar-refractivity contribution in [2.24, 2.45) is 5.84 Å². The number of rotatable bonds is 5. The van der Waals surface area contributed by atoms with Gasteiger partial charge in [-0.2, -0.15) is 15.2 Å². The monoisotopic (exact) mass is 290 g/mol. The minimum Gasteiger partial charge on any atom is -0.464 e. The molecule has 0 radical (unpaired) electrons. The maximum Gasteiger partial charge on any atom is 0.330 e. The van der Waals surface area contributed by atoms with Crippen LogP contribution in [-0.4, -0.2) is 21.6 Å². The van der Waals surface area contributed by atoms with E-state index >= 15 is 0 Å². The number of nitrogens with two attached hydrogens (primary N) is 1. The van der Waals surface area contributed by atoms with Gasteiger partial charge in [0.15, 0.2) is 5.75 Å². The topological polar surface area (TPSA) is 119 Å². The molecule has 2 rings (SSSR count). The van der Waals surface area contributed by atoms with E-state index in [0.29, 0.717) is 6.61 Å². The second kappa shape index (κ2) is 6.44. The smallest absolute Gasteiger partial charge is 0.330 e. The molecule has 9 heteroatoms. The Morgan fingerprint density at radius 1 is 1.33 bits per heavy atom. The van der Waals surface area contributed by atoms with Crippen LogP contribution < -0.4 is 20.7 Å². The van der Waals surface area contributed by atoms with Crippen LogP contribution >= 0.6 is 0 Å². The number of hydrogen-bond acceptors (Lipinski definition) is 8. The molecular weight excluding hydrogens is 279 g/mol. The van der Waals surface area contributed by atoms with Crippen LogP contribution in [0.2, 0.25) is 0 Å². The summed E-state index contributed by atoms with van der Waals surface area (Å²) in [5.41, 5.74) is 1.98. The Balaban J connectivity index is 2.37. The Morgan fingerprint density at radius 3 is 2.76 bits per heavy atom. The Hall–Kier alpha value is -2.99. The summed E-state index contributed by atoms with van der Waals surface area (Å²) in [5.74, 6) is 4.52. The molecule has 0 saturated heterocycles. The van der Waals surface area contributed by atoms with Gasteiger partial charge < -0.3 is 9.47 Å². The minimum atomic E-state index is -0.703. The highest BCUT2D eigenvalue weighted by Crippen LogP contribution is 2.25. The molecule has 0 aliphatic heterocycles. The number of nitrogens with zero attached hydrogens (tertiary/aromatic N) is 4. The second-order valence-electron chi connectivity index (χ2n) is 3.63. The van der Waals surface area contributed by atoms with E-state index in [1.54, 1.807) is 13.0 Å². The fourth-order valence-electron chi connectivity index (χ4n) is 1.44. The molecule has 2 aromatic rings. The van der Waals surface area contributed by atoms with Gasteiger partial charge in [-0.1, -0.05) is 6.07 Å². The lowest BCUT2D eigenvalue weighted by atomic mass is 10.2. The van der Waals surface area contributed by atoms with Gasteiger partial charge in [0, 0.05) is 0 Å². The van der Waals surface area contributed by atoms with Crippen molar-refractivity contribution >= 4 is 5.95 Å². The third kappa shape index (κ3) is 3.31. The van der Waals surface area contributed by atoms with Gasteiger partial charge in [-0.05, 0) is 19.1 Å². The summed E-state index contributed by atoms with van der Waals surface area (Å²) in [4.78, 5) is 11.6. The quantitative estimate of drug-likeness (QED) is 0.625. The van der Waals surface area contributed by atoms with E-state index in [-0.39, 0.29) is 29.3 Å². The van der Waals surface area contributed by atoms with Gasteiger partial charge >= 0.3 is 12.0 Å². The largest absolute Gasteiger partial charge is 0.464 e. The van der Waals surface area contributed by atoms with Crippen molar-refractivity contribution in [1.82, 2.24) is 15.0 Å². The van der Waals surface area contributed by atoms with E-state index in [4.69, 9.17) is 20.6 Å².